The van der Waals surface area contributed by atoms with Crippen molar-refractivity contribution in [2.45, 2.75) is 26.9 Å². The smallest absolute Gasteiger partial charge is 0.129 e. The van der Waals surface area contributed by atoms with Crippen molar-refractivity contribution >= 4 is 10.9 Å². The monoisotopic (exact) mass is 201 g/mol. The highest BCUT2D eigenvalue weighted by Gasteiger charge is 2.06. The van der Waals surface area contributed by atoms with Gasteiger partial charge in [-0.1, -0.05) is 6.07 Å². The van der Waals surface area contributed by atoms with Gasteiger partial charge < -0.3 is 4.74 Å². The van der Waals surface area contributed by atoms with E-state index in [0.29, 0.717) is 0 Å². The third-order valence-electron chi connectivity index (χ3n) is 2.29. The highest BCUT2D eigenvalue weighted by atomic mass is 16.5. The van der Waals surface area contributed by atoms with Gasteiger partial charge in [-0.25, -0.2) is 0 Å². The topological polar surface area (TPSA) is 22.1 Å². The molecule has 0 atom stereocenters. The second kappa shape index (κ2) is 3.89. The van der Waals surface area contributed by atoms with Gasteiger partial charge in [0.2, 0.25) is 0 Å². The predicted octanol–water partition coefficient (Wildman–Crippen LogP) is 3.33. The fourth-order valence-electron chi connectivity index (χ4n) is 1.64. The molecule has 0 saturated heterocycles. The first-order valence-electron chi connectivity index (χ1n) is 5.19. The van der Waals surface area contributed by atoms with Crippen molar-refractivity contribution in [2.24, 2.45) is 0 Å². The highest BCUT2D eigenvalue weighted by Crippen LogP contribution is 2.27. The second-order valence-electron chi connectivity index (χ2n) is 3.95. The molecule has 1 aromatic carbocycles. The summed E-state index contributed by atoms with van der Waals surface area (Å²) in [5, 5.41) is 1.09. The lowest BCUT2D eigenvalue weighted by Gasteiger charge is -2.12. The quantitative estimate of drug-likeness (QED) is 0.743. The van der Waals surface area contributed by atoms with Crippen LogP contribution in [0.2, 0.25) is 0 Å². The fraction of sp³-hybridized carbons (Fsp3) is 0.308. The molecule has 0 radical (unpaired) electrons. The first kappa shape index (κ1) is 9.97. The Morgan fingerprint density at radius 3 is 2.73 bits per heavy atom. The molecular weight excluding hydrogens is 186 g/mol. The Labute approximate surface area is 89.9 Å². The van der Waals surface area contributed by atoms with Gasteiger partial charge >= 0.3 is 0 Å². The molecule has 15 heavy (non-hydrogen) atoms. The van der Waals surface area contributed by atoms with Gasteiger partial charge in [0.05, 0.1) is 11.6 Å². The summed E-state index contributed by atoms with van der Waals surface area (Å²) in [6, 6.07) is 8.05. The van der Waals surface area contributed by atoms with E-state index in [1.165, 1.54) is 5.56 Å². The summed E-state index contributed by atoms with van der Waals surface area (Å²) in [6.07, 6.45) is 2.00. The van der Waals surface area contributed by atoms with Crippen molar-refractivity contribution in [3.8, 4) is 5.75 Å². The average molecular weight is 201 g/mol. The van der Waals surface area contributed by atoms with E-state index in [1.54, 1.807) is 0 Å². The number of aryl methyl sites for hydroxylation is 1. The van der Waals surface area contributed by atoms with Crippen molar-refractivity contribution in [2.75, 3.05) is 0 Å². The van der Waals surface area contributed by atoms with E-state index in [-0.39, 0.29) is 6.10 Å². The van der Waals surface area contributed by atoms with Crippen LogP contribution >= 0.6 is 0 Å². The molecular formula is C13H15NO. The van der Waals surface area contributed by atoms with Crippen LogP contribution in [0.5, 0.6) is 5.75 Å². The molecule has 0 aliphatic carbocycles. The minimum absolute atomic E-state index is 0.191. The summed E-state index contributed by atoms with van der Waals surface area (Å²) >= 11 is 0. The van der Waals surface area contributed by atoms with Crippen LogP contribution in [-0.4, -0.2) is 11.1 Å². The van der Waals surface area contributed by atoms with E-state index >= 15 is 0 Å². The van der Waals surface area contributed by atoms with Crippen LogP contribution in [0, 0.1) is 6.92 Å². The van der Waals surface area contributed by atoms with Crippen molar-refractivity contribution in [1.29, 1.82) is 0 Å². The highest BCUT2D eigenvalue weighted by molar-refractivity contribution is 5.87. The molecule has 1 aromatic heterocycles. The molecule has 0 bridgehead atoms. The van der Waals surface area contributed by atoms with Gasteiger partial charge in [-0.15, -0.1) is 0 Å². The Hall–Kier alpha value is -1.57. The Balaban J connectivity index is 2.61. The summed E-state index contributed by atoms with van der Waals surface area (Å²) in [4.78, 5) is 4.37. The molecule has 2 nitrogen and oxygen atoms in total. The Morgan fingerprint density at radius 2 is 2.00 bits per heavy atom. The van der Waals surface area contributed by atoms with Gasteiger partial charge in [0, 0.05) is 11.6 Å². The number of fused-ring (bicyclic) bond motifs is 1. The number of hydrogen-bond donors (Lipinski definition) is 0. The van der Waals surface area contributed by atoms with E-state index in [9.17, 15) is 0 Å². The minimum atomic E-state index is 0.191. The van der Waals surface area contributed by atoms with Crippen molar-refractivity contribution in [3.05, 3.63) is 36.0 Å². The van der Waals surface area contributed by atoms with E-state index in [2.05, 4.69) is 11.9 Å². The van der Waals surface area contributed by atoms with Crippen LogP contribution in [0.1, 0.15) is 19.4 Å². The zero-order valence-corrected chi connectivity index (χ0v) is 9.32. The number of hydrogen-bond acceptors (Lipinski definition) is 2. The van der Waals surface area contributed by atoms with Crippen molar-refractivity contribution in [1.82, 2.24) is 4.98 Å². The van der Waals surface area contributed by atoms with E-state index in [0.717, 1.165) is 16.7 Å². The number of ether oxygens (including phenoxy) is 1. The molecule has 0 saturated carbocycles. The molecule has 0 aliphatic rings. The maximum atomic E-state index is 5.74. The maximum absolute atomic E-state index is 5.74. The lowest BCUT2D eigenvalue weighted by Crippen LogP contribution is -2.06. The first-order chi connectivity index (χ1) is 7.18. The summed E-state index contributed by atoms with van der Waals surface area (Å²) in [7, 11) is 0. The van der Waals surface area contributed by atoms with Crippen LogP contribution in [-0.2, 0) is 0 Å². The van der Waals surface area contributed by atoms with Crippen LogP contribution in [0.25, 0.3) is 10.9 Å². The van der Waals surface area contributed by atoms with E-state index in [4.69, 9.17) is 4.74 Å². The van der Waals surface area contributed by atoms with Crippen LogP contribution in [0.15, 0.2) is 30.5 Å². The third-order valence-corrected chi connectivity index (χ3v) is 2.29. The van der Waals surface area contributed by atoms with Crippen LogP contribution < -0.4 is 4.74 Å². The van der Waals surface area contributed by atoms with Gasteiger partial charge in [-0.2, -0.15) is 0 Å². The van der Waals surface area contributed by atoms with Gasteiger partial charge in [0.1, 0.15) is 5.75 Å². The summed E-state index contributed by atoms with van der Waals surface area (Å²) < 4.78 is 5.74. The maximum Gasteiger partial charge on any atom is 0.129 e. The fourth-order valence-corrected chi connectivity index (χ4v) is 1.64. The molecule has 2 rings (SSSR count). The molecule has 2 aromatic rings. The molecule has 0 N–H and O–H groups in total. The summed E-state index contributed by atoms with van der Waals surface area (Å²) in [5.74, 6) is 0.915. The Kier molecular flexibility index (Phi) is 2.58. The normalized spacial score (nSPS) is 10.9. The van der Waals surface area contributed by atoms with Crippen LogP contribution in [0.3, 0.4) is 0 Å². The second-order valence-corrected chi connectivity index (χ2v) is 3.95. The van der Waals surface area contributed by atoms with Gasteiger partial charge in [-0.3, -0.25) is 4.98 Å². The molecule has 0 unspecified atom stereocenters. The number of benzene rings is 1. The standard InChI is InChI=1S/C13H15NO/c1-9(2)15-12-7-6-10(3)13-11(12)5-4-8-14-13/h4-9H,1-3H3. The molecule has 0 fully saturated rings. The van der Waals surface area contributed by atoms with Crippen molar-refractivity contribution < 1.29 is 4.74 Å². The molecule has 0 amide bonds. The SMILES string of the molecule is Cc1ccc(OC(C)C)c2cccnc12. The Bertz CT molecular complexity index is 477. The van der Waals surface area contributed by atoms with Crippen LogP contribution in [0.4, 0.5) is 0 Å². The lowest BCUT2D eigenvalue weighted by atomic mass is 10.1. The zero-order chi connectivity index (χ0) is 10.8. The van der Waals surface area contributed by atoms with Crippen molar-refractivity contribution in [3.63, 3.8) is 0 Å². The molecule has 78 valence electrons. The van der Waals surface area contributed by atoms with E-state index in [1.807, 2.05) is 44.3 Å². The minimum Gasteiger partial charge on any atom is -0.490 e. The predicted molar refractivity (Wildman–Crippen MR) is 62.2 cm³/mol. The van der Waals surface area contributed by atoms with Gasteiger partial charge in [0.15, 0.2) is 0 Å². The average Bonchev–Trinajstić information content (AvgIpc) is 2.22. The molecule has 1 heterocycles. The number of aromatic nitrogens is 1. The molecule has 2 heteroatoms. The van der Waals surface area contributed by atoms with Gasteiger partial charge in [-0.05, 0) is 44.5 Å². The Morgan fingerprint density at radius 1 is 1.20 bits per heavy atom. The summed E-state index contributed by atoms with van der Waals surface area (Å²) in [6.45, 7) is 6.12. The first-order valence-corrected chi connectivity index (χ1v) is 5.19. The number of rotatable bonds is 2. The zero-order valence-electron chi connectivity index (χ0n) is 9.32. The lowest BCUT2D eigenvalue weighted by molar-refractivity contribution is 0.245. The number of pyridine rings is 1. The molecule has 0 aliphatic heterocycles. The summed E-state index contributed by atoms with van der Waals surface area (Å²) in [5.41, 5.74) is 2.21. The van der Waals surface area contributed by atoms with Gasteiger partial charge in [0.25, 0.3) is 0 Å². The largest absolute Gasteiger partial charge is 0.490 e. The number of nitrogens with zero attached hydrogens (tertiary/aromatic N) is 1. The van der Waals surface area contributed by atoms with E-state index < -0.39 is 0 Å². The third kappa shape index (κ3) is 1.94. The molecule has 0 spiro atoms.